The summed E-state index contributed by atoms with van der Waals surface area (Å²) in [6.45, 7) is 1.21. The third kappa shape index (κ3) is 5.21. The fraction of sp³-hybridized carbons (Fsp3) is 0.444. The molecular formula is C18H25ClN4O2. The van der Waals surface area contributed by atoms with Crippen LogP contribution in [0.1, 0.15) is 30.0 Å². The van der Waals surface area contributed by atoms with Crippen molar-refractivity contribution in [1.82, 2.24) is 20.4 Å². The minimum absolute atomic E-state index is 0. The molecule has 1 aromatic heterocycles. The number of likely N-dealkylation sites (N-methyl/N-ethyl adjacent to an activating group) is 1. The van der Waals surface area contributed by atoms with Crippen LogP contribution in [0.2, 0.25) is 0 Å². The van der Waals surface area contributed by atoms with Gasteiger partial charge in [-0.25, -0.2) is 0 Å². The topological polar surface area (TPSA) is 68.2 Å². The normalized spacial score (nSPS) is 14.5. The first-order chi connectivity index (χ1) is 11.7. The minimum atomic E-state index is -0.418. The Morgan fingerprint density at radius 2 is 2.16 bits per heavy atom. The average molecular weight is 365 g/mol. The van der Waals surface area contributed by atoms with Gasteiger partial charge in [0.25, 0.3) is 0 Å². The van der Waals surface area contributed by atoms with Crippen molar-refractivity contribution in [3.63, 3.8) is 0 Å². The monoisotopic (exact) mass is 364 g/mol. The summed E-state index contributed by atoms with van der Waals surface area (Å²) in [6.07, 6.45) is 6.06. The predicted molar refractivity (Wildman–Crippen MR) is 98.8 cm³/mol. The van der Waals surface area contributed by atoms with Crippen LogP contribution in [0.4, 0.5) is 0 Å². The molecular weight excluding hydrogens is 340 g/mol. The van der Waals surface area contributed by atoms with Crippen LogP contribution >= 0.6 is 12.4 Å². The highest BCUT2D eigenvalue weighted by atomic mass is 35.5. The highest BCUT2D eigenvalue weighted by Crippen LogP contribution is 2.30. The van der Waals surface area contributed by atoms with Gasteiger partial charge in [0, 0.05) is 30.9 Å². The highest BCUT2D eigenvalue weighted by molar-refractivity contribution is 5.85. The molecule has 1 saturated carbocycles. The van der Waals surface area contributed by atoms with Crippen LogP contribution in [-0.2, 0) is 18.4 Å². The Labute approximate surface area is 154 Å². The molecule has 0 radical (unpaired) electrons. The molecule has 1 amide bonds. The van der Waals surface area contributed by atoms with Crippen LogP contribution in [0, 0.1) is 5.92 Å². The van der Waals surface area contributed by atoms with E-state index in [-0.39, 0.29) is 18.3 Å². The number of hydrogen-bond donors (Lipinski definition) is 2. The Kier molecular flexibility index (Phi) is 6.84. The number of nitrogens with zero attached hydrogens (tertiary/aromatic N) is 2. The van der Waals surface area contributed by atoms with Gasteiger partial charge in [-0.2, -0.15) is 5.10 Å². The molecule has 2 aromatic rings. The van der Waals surface area contributed by atoms with Crippen molar-refractivity contribution < 1.29 is 9.53 Å². The maximum absolute atomic E-state index is 12.5. The summed E-state index contributed by atoms with van der Waals surface area (Å²) in [7, 11) is 3.60. The van der Waals surface area contributed by atoms with E-state index in [2.05, 4.69) is 15.7 Å². The fourth-order valence-electron chi connectivity index (χ4n) is 2.61. The zero-order valence-corrected chi connectivity index (χ0v) is 15.4. The maximum atomic E-state index is 12.5. The van der Waals surface area contributed by atoms with Crippen molar-refractivity contribution in [2.24, 2.45) is 13.0 Å². The largest absolute Gasteiger partial charge is 0.493 e. The molecule has 1 aliphatic carbocycles. The van der Waals surface area contributed by atoms with Gasteiger partial charge in [-0.05, 0) is 31.9 Å². The van der Waals surface area contributed by atoms with Gasteiger partial charge in [0.1, 0.15) is 11.8 Å². The molecule has 7 heteroatoms. The molecule has 1 unspecified atom stereocenters. The van der Waals surface area contributed by atoms with Crippen molar-refractivity contribution in [3.8, 4) is 5.75 Å². The van der Waals surface area contributed by atoms with Gasteiger partial charge >= 0.3 is 0 Å². The molecule has 0 aliphatic heterocycles. The first kappa shape index (κ1) is 19.3. The van der Waals surface area contributed by atoms with Gasteiger partial charge < -0.3 is 15.4 Å². The highest BCUT2D eigenvalue weighted by Gasteiger charge is 2.23. The minimum Gasteiger partial charge on any atom is -0.493 e. The SMILES string of the molecule is CNC(C(=O)NCc1ccccc1OCC1CC1)c1cnn(C)c1.Cl. The van der Waals surface area contributed by atoms with Gasteiger partial charge in [0.05, 0.1) is 12.8 Å². The lowest BCUT2D eigenvalue weighted by atomic mass is 10.1. The number of amides is 1. The zero-order valence-electron chi connectivity index (χ0n) is 14.6. The van der Waals surface area contributed by atoms with Gasteiger partial charge in [-0.1, -0.05) is 18.2 Å². The number of carbonyl (C=O) groups is 1. The second-order valence-corrected chi connectivity index (χ2v) is 6.25. The van der Waals surface area contributed by atoms with Crippen LogP contribution in [0.5, 0.6) is 5.75 Å². The summed E-state index contributed by atoms with van der Waals surface area (Å²) >= 11 is 0. The van der Waals surface area contributed by atoms with E-state index in [1.807, 2.05) is 37.5 Å². The van der Waals surface area contributed by atoms with Crippen molar-refractivity contribution in [3.05, 3.63) is 47.8 Å². The Morgan fingerprint density at radius 1 is 1.40 bits per heavy atom. The lowest BCUT2D eigenvalue weighted by molar-refractivity contribution is -0.123. The summed E-state index contributed by atoms with van der Waals surface area (Å²) in [5.74, 6) is 1.47. The third-order valence-corrected chi connectivity index (χ3v) is 4.21. The van der Waals surface area contributed by atoms with Gasteiger partial charge in [-0.3, -0.25) is 9.48 Å². The molecule has 1 aromatic carbocycles. The van der Waals surface area contributed by atoms with Crippen LogP contribution in [0.3, 0.4) is 0 Å². The van der Waals surface area contributed by atoms with E-state index in [4.69, 9.17) is 4.74 Å². The van der Waals surface area contributed by atoms with E-state index >= 15 is 0 Å². The van der Waals surface area contributed by atoms with Crippen LogP contribution in [-0.4, -0.2) is 29.3 Å². The number of ether oxygens (including phenoxy) is 1. The number of aromatic nitrogens is 2. The van der Waals surface area contributed by atoms with E-state index in [1.54, 1.807) is 17.9 Å². The summed E-state index contributed by atoms with van der Waals surface area (Å²) < 4.78 is 7.58. The zero-order chi connectivity index (χ0) is 16.9. The van der Waals surface area contributed by atoms with Crippen LogP contribution in [0.15, 0.2) is 36.7 Å². The molecule has 6 nitrogen and oxygen atoms in total. The number of carbonyl (C=O) groups excluding carboxylic acids is 1. The standard InChI is InChI=1S/C18H24N4O2.ClH/c1-19-17(15-10-21-22(2)11-15)18(23)20-9-14-5-3-4-6-16(14)24-12-13-7-8-13;/h3-6,10-11,13,17,19H,7-9,12H2,1-2H3,(H,20,23);1H. The van der Waals surface area contributed by atoms with Crippen molar-refractivity contribution in [2.45, 2.75) is 25.4 Å². The molecule has 2 N–H and O–H groups in total. The van der Waals surface area contributed by atoms with Gasteiger partial charge in [-0.15, -0.1) is 12.4 Å². The van der Waals surface area contributed by atoms with Crippen molar-refractivity contribution in [1.29, 1.82) is 0 Å². The molecule has 1 aliphatic rings. The van der Waals surface area contributed by atoms with Crippen molar-refractivity contribution >= 4 is 18.3 Å². The number of hydrogen-bond acceptors (Lipinski definition) is 4. The summed E-state index contributed by atoms with van der Waals surface area (Å²) in [4.78, 5) is 12.5. The fourth-order valence-corrected chi connectivity index (χ4v) is 2.61. The molecule has 1 atom stereocenters. The van der Waals surface area contributed by atoms with E-state index in [0.717, 1.165) is 23.5 Å². The summed E-state index contributed by atoms with van der Waals surface area (Å²) in [5.41, 5.74) is 1.84. The van der Waals surface area contributed by atoms with Crippen molar-refractivity contribution in [2.75, 3.05) is 13.7 Å². The number of halogens is 1. The van der Waals surface area contributed by atoms with E-state index < -0.39 is 6.04 Å². The molecule has 1 heterocycles. The quantitative estimate of drug-likeness (QED) is 0.753. The number of rotatable bonds is 8. The van der Waals surface area contributed by atoms with Crippen LogP contribution < -0.4 is 15.4 Å². The molecule has 1 fully saturated rings. The Bertz CT molecular complexity index is 700. The Morgan fingerprint density at radius 3 is 2.80 bits per heavy atom. The summed E-state index contributed by atoms with van der Waals surface area (Å²) in [5, 5.41) is 10.1. The summed E-state index contributed by atoms with van der Waals surface area (Å²) in [6, 6.07) is 7.45. The lowest BCUT2D eigenvalue weighted by Crippen LogP contribution is -2.35. The van der Waals surface area contributed by atoms with Gasteiger partial charge in [0.2, 0.25) is 5.91 Å². The smallest absolute Gasteiger partial charge is 0.242 e. The second kappa shape index (κ2) is 8.87. The molecule has 25 heavy (non-hydrogen) atoms. The van der Waals surface area contributed by atoms with Gasteiger partial charge in [0.15, 0.2) is 0 Å². The Balaban J connectivity index is 0.00000225. The first-order valence-corrected chi connectivity index (χ1v) is 8.31. The third-order valence-electron chi connectivity index (χ3n) is 4.21. The average Bonchev–Trinajstić information content (AvgIpc) is 3.33. The van der Waals surface area contributed by atoms with E-state index in [9.17, 15) is 4.79 Å². The second-order valence-electron chi connectivity index (χ2n) is 6.25. The Hall–Kier alpha value is -2.05. The number of aryl methyl sites for hydroxylation is 1. The van der Waals surface area contributed by atoms with Crippen LogP contribution in [0.25, 0.3) is 0 Å². The molecule has 136 valence electrons. The molecule has 0 bridgehead atoms. The number of benzene rings is 1. The molecule has 3 rings (SSSR count). The molecule has 0 saturated heterocycles. The number of nitrogens with one attached hydrogen (secondary N) is 2. The maximum Gasteiger partial charge on any atom is 0.242 e. The van der Waals surface area contributed by atoms with E-state index in [1.165, 1.54) is 12.8 Å². The first-order valence-electron chi connectivity index (χ1n) is 8.31. The molecule has 0 spiro atoms. The number of para-hydroxylation sites is 1. The lowest BCUT2D eigenvalue weighted by Gasteiger charge is -2.16. The van der Waals surface area contributed by atoms with E-state index in [0.29, 0.717) is 12.5 Å². The predicted octanol–water partition coefficient (Wildman–Crippen LogP) is 2.21.